The summed E-state index contributed by atoms with van der Waals surface area (Å²) in [6.45, 7) is 3.52. The van der Waals surface area contributed by atoms with Crippen LogP contribution in [-0.2, 0) is 14.6 Å². The van der Waals surface area contributed by atoms with Crippen LogP contribution >= 0.6 is 11.6 Å². The first-order valence-corrected chi connectivity index (χ1v) is 13.7. The summed E-state index contributed by atoms with van der Waals surface area (Å²) in [5, 5.41) is 15.1. The van der Waals surface area contributed by atoms with Crippen LogP contribution in [0, 0.1) is 35.2 Å². The molecule has 2 atom stereocenters. The summed E-state index contributed by atoms with van der Waals surface area (Å²) in [7, 11) is -4.02. The molecule has 3 N–H and O–H groups in total. The van der Waals surface area contributed by atoms with E-state index in [1.807, 2.05) is 0 Å². The predicted octanol–water partition coefficient (Wildman–Crippen LogP) is 4.09. The molecular weight excluding hydrogens is 533 g/mol. The highest BCUT2D eigenvalue weighted by Crippen LogP contribution is 2.55. The van der Waals surface area contributed by atoms with Gasteiger partial charge in [0.15, 0.2) is 27.3 Å². The number of amides is 2. The molecule has 3 aliphatic carbocycles. The molecular formula is C25H26ClF3N2O5S. The van der Waals surface area contributed by atoms with Gasteiger partial charge in [-0.15, -0.1) is 0 Å². The third kappa shape index (κ3) is 5.08. The number of fused-ring (bicyclic) bond motifs is 2. The summed E-state index contributed by atoms with van der Waals surface area (Å²) in [6, 6.07) is 4.77. The standard InChI is InChI=1S/C25H26ClF3N2O5S/c1-12(2)23(32)30-11-25(34)14-6-15(25)8-17(7-14)37(35,36)21-5-13(3-4-18(21)26)24(33)31-16-9-19(27)22(29)20(28)10-16/h3-5,9-10,12,14-15,17,34H,6-8,11H2,1-2H3,(H,30,32)(H,31,33). The molecule has 7 nitrogen and oxygen atoms in total. The first-order valence-electron chi connectivity index (χ1n) is 11.7. The highest BCUT2D eigenvalue weighted by atomic mass is 35.5. The number of carbonyl (C=O) groups excluding carboxylic acids is 2. The van der Waals surface area contributed by atoms with Crippen LogP contribution in [0.5, 0.6) is 0 Å². The average Bonchev–Trinajstić information content (AvgIpc) is 2.85. The zero-order valence-electron chi connectivity index (χ0n) is 20.0. The van der Waals surface area contributed by atoms with Crippen LogP contribution in [0.1, 0.15) is 43.5 Å². The fraction of sp³-hybridized carbons (Fsp3) is 0.440. The lowest BCUT2D eigenvalue weighted by Crippen LogP contribution is -2.66. The number of sulfone groups is 1. The first-order chi connectivity index (χ1) is 17.2. The molecule has 0 aliphatic heterocycles. The van der Waals surface area contributed by atoms with Gasteiger partial charge in [0.2, 0.25) is 5.91 Å². The Labute approximate surface area is 217 Å². The van der Waals surface area contributed by atoms with Gasteiger partial charge >= 0.3 is 0 Å². The highest BCUT2D eigenvalue weighted by molar-refractivity contribution is 7.92. The number of rotatable bonds is 7. The number of benzene rings is 2. The quantitative estimate of drug-likeness (QED) is 0.443. The van der Waals surface area contributed by atoms with Crippen LogP contribution in [0.3, 0.4) is 0 Å². The first kappa shape index (κ1) is 27.4. The van der Waals surface area contributed by atoms with Gasteiger partial charge in [0.1, 0.15) is 0 Å². The van der Waals surface area contributed by atoms with Crippen molar-refractivity contribution in [3.63, 3.8) is 0 Å². The van der Waals surface area contributed by atoms with Crippen molar-refractivity contribution in [1.82, 2.24) is 5.32 Å². The SMILES string of the molecule is CC(C)C(=O)NCC1(O)C2CC1CC(S(=O)(=O)c1cc(C(=O)Nc3cc(F)c(F)c(F)c3)ccc1Cl)C2. The van der Waals surface area contributed by atoms with Crippen LogP contribution in [0.25, 0.3) is 0 Å². The zero-order valence-corrected chi connectivity index (χ0v) is 21.6. The van der Waals surface area contributed by atoms with E-state index < -0.39 is 44.0 Å². The second-order valence-electron chi connectivity index (χ2n) is 9.98. The second kappa shape index (κ2) is 9.92. The number of anilines is 1. The van der Waals surface area contributed by atoms with Crippen LogP contribution in [-0.4, -0.2) is 42.7 Å². The van der Waals surface area contributed by atoms with E-state index in [1.54, 1.807) is 13.8 Å². The van der Waals surface area contributed by atoms with Crippen molar-refractivity contribution < 1.29 is 36.3 Å². The molecule has 2 aromatic carbocycles. The molecule has 3 aliphatic rings. The Morgan fingerprint density at radius 1 is 1.08 bits per heavy atom. The fourth-order valence-electron chi connectivity index (χ4n) is 5.10. The molecule has 2 unspecified atom stereocenters. The fourth-order valence-corrected chi connectivity index (χ4v) is 7.51. The van der Waals surface area contributed by atoms with E-state index in [9.17, 15) is 36.3 Å². The lowest BCUT2D eigenvalue weighted by Gasteiger charge is -2.58. The molecule has 37 heavy (non-hydrogen) atoms. The summed E-state index contributed by atoms with van der Waals surface area (Å²) < 4.78 is 67.1. The molecule has 5 rings (SSSR count). The number of hydrogen-bond donors (Lipinski definition) is 3. The second-order valence-corrected chi connectivity index (χ2v) is 12.6. The molecule has 3 saturated carbocycles. The zero-order chi connectivity index (χ0) is 27.3. The minimum absolute atomic E-state index is 0.0487. The number of aliphatic hydroxyl groups is 1. The van der Waals surface area contributed by atoms with Crippen molar-refractivity contribution in [1.29, 1.82) is 0 Å². The summed E-state index contributed by atoms with van der Waals surface area (Å²) in [4.78, 5) is 24.3. The maximum absolute atomic E-state index is 13.5. The van der Waals surface area contributed by atoms with Crippen molar-refractivity contribution >= 4 is 38.9 Å². The topological polar surface area (TPSA) is 113 Å². The Morgan fingerprint density at radius 2 is 1.68 bits per heavy atom. The summed E-state index contributed by atoms with van der Waals surface area (Å²) in [6.07, 6.45) is 0.961. The third-order valence-corrected chi connectivity index (χ3v) is 9.98. The van der Waals surface area contributed by atoms with Crippen LogP contribution in [0.4, 0.5) is 18.9 Å². The van der Waals surface area contributed by atoms with Crippen LogP contribution < -0.4 is 10.6 Å². The van der Waals surface area contributed by atoms with Gasteiger partial charge in [-0.2, -0.15) is 0 Å². The Kier molecular flexibility index (Phi) is 7.35. The van der Waals surface area contributed by atoms with Gasteiger partial charge in [-0.1, -0.05) is 25.4 Å². The summed E-state index contributed by atoms with van der Waals surface area (Å²) in [5.41, 5.74) is -1.67. The number of nitrogens with one attached hydrogen (secondary N) is 2. The van der Waals surface area contributed by atoms with Crippen molar-refractivity contribution in [2.45, 2.75) is 48.9 Å². The van der Waals surface area contributed by atoms with Crippen molar-refractivity contribution in [3.05, 3.63) is 58.4 Å². The van der Waals surface area contributed by atoms with E-state index in [2.05, 4.69) is 10.6 Å². The lowest BCUT2D eigenvalue weighted by atomic mass is 9.53. The average molecular weight is 559 g/mol. The molecule has 200 valence electrons. The van der Waals surface area contributed by atoms with Gasteiger partial charge in [-0.05, 0) is 49.3 Å². The van der Waals surface area contributed by atoms with Gasteiger partial charge in [0, 0.05) is 35.8 Å². The molecule has 2 bridgehead atoms. The van der Waals surface area contributed by atoms with E-state index in [-0.39, 0.29) is 64.2 Å². The monoisotopic (exact) mass is 558 g/mol. The Morgan fingerprint density at radius 3 is 2.24 bits per heavy atom. The largest absolute Gasteiger partial charge is 0.387 e. The van der Waals surface area contributed by atoms with E-state index in [0.29, 0.717) is 18.6 Å². The number of hydrogen-bond acceptors (Lipinski definition) is 5. The Hall–Kier alpha value is -2.63. The maximum Gasteiger partial charge on any atom is 0.255 e. The van der Waals surface area contributed by atoms with E-state index in [1.165, 1.54) is 12.1 Å². The lowest BCUT2D eigenvalue weighted by molar-refractivity contribution is -0.174. The van der Waals surface area contributed by atoms with Crippen molar-refractivity contribution in [2.24, 2.45) is 17.8 Å². The number of halogens is 4. The smallest absolute Gasteiger partial charge is 0.255 e. The highest BCUT2D eigenvalue weighted by Gasteiger charge is 2.60. The predicted molar refractivity (Wildman–Crippen MR) is 130 cm³/mol. The van der Waals surface area contributed by atoms with Gasteiger partial charge in [-0.3, -0.25) is 9.59 Å². The molecule has 0 radical (unpaired) electrons. The normalized spacial score (nSPS) is 24.9. The third-order valence-electron chi connectivity index (χ3n) is 7.33. The van der Waals surface area contributed by atoms with Gasteiger partial charge in [0.05, 0.1) is 20.8 Å². The Balaban J connectivity index is 1.51. The molecule has 0 heterocycles. The molecule has 2 aromatic rings. The maximum atomic E-state index is 13.5. The minimum atomic E-state index is -4.02. The minimum Gasteiger partial charge on any atom is -0.387 e. The van der Waals surface area contributed by atoms with Gasteiger partial charge in [0.25, 0.3) is 5.91 Å². The molecule has 12 heteroatoms. The van der Waals surface area contributed by atoms with Crippen molar-refractivity contribution in [2.75, 3.05) is 11.9 Å². The number of carbonyl (C=O) groups is 2. The molecule has 2 amide bonds. The van der Waals surface area contributed by atoms with E-state index >= 15 is 0 Å². The Bertz CT molecular complexity index is 1330. The summed E-state index contributed by atoms with van der Waals surface area (Å²) >= 11 is 6.19. The van der Waals surface area contributed by atoms with Gasteiger partial charge < -0.3 is 15.7 Å². The van der Waals surface area contributed by atoms with Crippen molar-refractivity contribution in [3.8, 4) is 0 Å². The van der Waals surface area contributed by atoms with Crippen LogP contribution in [0.15, 0.2) is 35.2 Å². The van der Waals surface area contributed by atoms with E-state index in [0.717, 1.165) is 6.07 Å². The van der Waals surface area contributed by atoms with Gasteiger partial charge in [-0.25, -0.2) is 21.6 Å². The summed E-state index contributed by atoms with van der Waals surface area (Å²) in [5.74, 6) is -6.64. The molecule has 0 saturated heterocycles. The van der Waals surface area contributed by atoms with E-state index in [4.69, 9.17) is 11.6 Å². The molecule has 0 spiro atoms. The van der Waals surface area contributed by atoms with Crippen LogP contribution in [0.2, 0.25) is 5.02 Å². The molecule has 0 aromatic heterocycles. The molecule has 3 fully saturated rings.